The highest BCUT2D eigenvalue weighted by Gasteiger charge is 2.37. The molecule has 5 nitrogen and oxygen atoms in total. The third-order valence-electron chi connectivity index (χ3n) is 5.78. The van der Waals surface area contributed by atoms with Gasteiger partial charge in [-0.1, -0.05) is 18.2 Å². The van der Waals surface area contributed by atoms with Crippen molar-refractivity contribution in [2.24, 2.45) is 5.92 Å². The maximum Gasteiger partial charge on any atom is 0.255 e. The Balaban J connectivity index is 1.45. The van der Waals surface area contributed by atoms with E-state index < -0.39 is 6.23 Å². The Bertz CT molecular complexity index is 621. The number of rotatable bonds is 5. The van der Waals surface area contributed by atoms with E-state index in [1.807, 2.05) is 23.1 Å². The van der Waals surface area contributed by atoms with E-state index in [2.05, 4.69) is 10.2 Å². The Morgan fingerprint density at radius 1 is 1.25 bits per heavy atom. The molecule has 130 valence electrons. The molecule has 1 atom stereocenters. The Labute approximate surface area is 143 Å². The third kappa shape index (κ3) is 2.96. The maximum atomic E-state index is 13.0. The van der Waals surface area contributed by atoms with Crippen LogP contribution in [0, 0.1) is 5.92 Å². The lowest BCUT2D eigenvalue weighted by Gasteiger charge is -2.36. The second kappa shape index (κ2) is 6.47. The molecule has 2 aliphatic heterocycles. The molecule has 5 heteroatoms. The van der Waals surface area contributed by atoms with Crippen molar-refractivity contribution in [2.75, 3.05) is 26.7 Å². The second-order valence-electron chi connectivity index (χ2n) is 7.48. The number of fused-ring (bicyclic) bond motifs is 1. The number of likely N-dealkylation sites (tertiary alicyclic amines) is 1. The number of nitrogens with one attached hydrogen (secondary N) is 1. The molecule has 3 aliphatic rings. The third-order valence-corrected chi connectivity index (χ3v) is 5.78. The van der Waals surface area contributed by atoms with Crippen LogP contribution in [-0.2, 0) is 6.54 Å². The van der Waals surface area contributed by atoms with Gasteiger partial charge >= 0.3 is 0 Å². The summed E-state index contributed by atoms with van der Waals surface area (Å²) in [6.07, 6.45) is 4.14. The summed E-state index contributed by atoms with van der Waals surface area (Å²) in [7, 11) is 1.71. The smallest absolute Gasteiger partial charge is 0.255 e. The van der Waals surface area contributed by atoms with E-state index in [9.17, 15) is 9.90 Å². The predicted octanol–water partition coefficient (Wildman–Crippen LogP) is 1.73. The van der Waals surface area contributed by atoms with Crippen LogP contribution >= 0.6 is 0 Å². The summed E-state index contributed by atoms with van der Waals surface area (Å²) < 4.78 is 0. The van der Waals surface area contributed by atoms with Crippen molar-refractivity contribution in [1.29, 1.82) is 0 Å². The summed E-state index contributed by atoms with van der Waals surface area (Å²) >= 11 is 0. The number of hydrogen-bond acceptors (Lipinski definition) is 4. The number of hydrogen-bond donors (Lipinski definition) is 2. The fourth-order valence-electron chi connectivity index (χ4n) is 4.17. The van der Waals surface area contributed by atoms with E-state index in [0.29, 0.717) is 23.7 Å². The fraction of sp³-hybridized carbons (Fsp3) is 0.632. The van der Waals surface area contributed by atoms with Gasteiger partial charge < -0.3 is 14.9 Å². The van der Waals surface area contributed by atoms with Crippen molar-refractivity contribution in [2.45, 2.75) is 44.5 Å². The van der Waals surface area contributed by atoms with Crippen molar-refractivity contribution in [3.8, 4) is 0 Å². The van der Waals surface area contributed by atoms with Gasteiger partial charge in [0.05, 0.1) is 5.56 Å². The van der Waals surface area contributed by atoms with E-state index in [1.54, 1.807) is 7.05 Å². The number of amides is 1. The van der Waals surface area contributed by atoms with Crippen LogP contribution in [-0.4, -0.2) is 53.5 Å². The molecule has 0 aromatic heterocycles. The number of piperidine rings is 1. The quantitative estimate of drug-likeness (QED) is 0.808. The van der Waals surface area contributed by atoms with Gasteiger partial charge in [-0.05, 0) is 44.2 Å². The first-order valence-corrected chi connectivity index (χ1v) is 9.18. The number of carbonyl (C=O) groups excluding carboxylic acids is 1. The summed E-state index contributed by atoms with van der Waals surface area (Å²) in [4.78, 5) is 17.6. The van der Waals surface area contributed by atoms with Gasteiger partial charge in [0.15, 0.2) is 0 Å². The topological polar surface area (TPSA) is 55.8 Å². The van der Waals surface area contributed by atoms with Crippen LogP contribution in [0.1, 0.15) is 53.4 Å². The molecule has 1 aromatic rings. The number of benzene rings is 1. The van der Waals surface area contributed by atoms with Crippen molar-refractivity contribution in [1.82, 2.24) is 15.1 Å². The zero-order chi connectivity index (χ0) is 16.7. The van der Waals surface area contributed by atoms with Gasteiger partial charge in [-0.15, -0.1) is 0 Å². The zero-order valence-corrected chi connectivity index (χ0v) is 14.4. The molecular weight excluding hydrogens is 302 g/mol. The molecule has 1 saturated heterocycles. The van der Waals surface area contributed by atoms with Gasteiger partial charge in [0.1, 0.15) is 6.23 Å². The van der Waals surface area contributed by atoms with E-state index in [-0.39, 0.29) is 5.91 Å². The summed E-state index contributed by atoms with van der Waals surface area (Å²) in [6, 6.07) is 6.13. The highest BCUT2D eigenvalue weighted by Crippen LogP contribution is 2.34. The van der Waals surface area contributed by atoms with Crippen molar-refractivity contribution in [3.63, 3.8) is 0 Å². The lowest BCUT2D eigenvalue weighted by atomic mass is 10.0. The van der Waals surface area contributed by atoms with Crippen LogP contribution in [0.2, 0.25) is 0 Å². The van der Waals surface area contributed by atoms with Gasteiger partial charge in [0.25, 0.3) is 5.91 Å². The zero-order valence-electron chi connectivity index (χ0n) is 14.4. The molecule has 2 heterocycles. The second-order valence-corrected chi connectivity index (χ2v) is 7.48. The average Bonchev–Trinajstić information content (AvgIpc) is 3.36. The summed E-state index contributed by atoms with van der Waals surface area (Å²) in [5, 5.41) is 13.0. The summed E-state index contributed by atoms with van der Waals surface area (Å²) in [6.45, 7) is 4.14. The Morgan fingerprint density at radius 3 is 2.67 bits per heavy atom. The molecule has 2 fully saturated rings. The molecule has 1 amide bonds. The molecule has 24 heavy (non-hydrogen) atoms. The molecule has 0 bridgehead atoms. The van der Waals surface area contributed by atoms with Crippen LogP contribution < -0.4 is 5.32 Å². The van der Waals surface area contributed by atoms with Crippen molar-refractivity contribution < 1.29 is 9.90 Å². The molecule has 4 rings (SSSR count). The van der Waals surface area contributed by atoms with E-state index in [1.165, 1.54) is 19.4 Å². The standard InChI is InChI=1S/C19H27N3O2/c1-20-18(23)16-4-2-3-14-12-22(19(24)17(14)16)15-7-9-21(10-8-15)11-13-5-6-13/h2-4,13,15,18,20,23H,5-12H2,1H3. The lowest BCUT2D eigenvalue weighted by Crippen LogP contribution is -2.45. The lowest BCUT2D eigenvalue weighted by molar-refractivity contribution is 0.0587. The molecule has 0 radical (unpaired) electrons. The number of aliphatic hydroxyl groups is 1. The van der Waals surface area contributed by atoms with E-state index in [0.717, 1.165) is 37.4 Å². The van der Waals surface area contributed by atoms with Gasteiger partial charge in [0.2, 0.25) is 0 Å². The molecule has 1 saturated carbocycles. The monoisotopic (exact) mass is 329 g/mol. The first-order chi connectivity index (χ1) is 11.7. The van der Waals surface area contributed by atoms with E-state index >= 15 is 0 Å². The molecule has 2 N–H and O–H groups in total. The van der Waals surface area contributed by atoms with Gasteiger partial charge in [-0.25, -0.2) is 0 Å². The Morgan fingerprint density at radius 2 is 2.00 bits per heavy atom. The molecular formula is C19H27N3O2. The normalized spacial score (nSPS) is 23.6. The fourth-order valence-corrected chi connectivity index (χ4v) is 4.17. The van der Waals surface area contributed by atoms with Crippen LogP contribution in [0.5, 0.6) is 0 Å². The van der Waals surface area contributed by atoms with Crippen molar-refractivity contribution in [3.05, 3.63) is 34.9 Å². The first kappa shape index (κ1) is 16.1. The summed E-state index contributed by atoms with van der Waals surface area (Å²) in [5.74, 6) is 1.03. The SMILES string of the molecule is CNC(O)c1cccc2c1C(=O)N(C1CCN(CC3CC3)CC1)C2. The number of nitrogens with zero attached hydrogens (tertiary/aromatic N) is 2. The Hall–Kier alpha value is -1.43. The highest BCUT2D eigenvalue weighted by molar-refractivity contribution is 6.00. The predicted molar refractivity (Wildman–Crippen MR) is 92.5 cm³/mol. The number of aliphatic hydroxyl groups excluding tert-OH is 1. The van der Waals surface area contributed by atoms with Crippen LogP contribution in [0.3, 0.4) is 0 Å². The van der Waals surface area contributed by atoms with Gasteiger partial charge in [-0.2, -0.15) is 0 Å². The molecule has 0 spiro atoms. The van der Waals surface area contributed by atoms with Gasteiger partial charge in [0, 0.05) is 37.8 Å². The molecule has 1 aliphatic carbocycles. The highest BCUT2D eigenvalue weighted by atomic mass is 16.3. The molecule has 1 unspecified atom stereocenters. The molecule has 1 aromatic carbocycles. The van der Waals surface area contributed by atoms with E-state index in [4.69, 9.17) is 0 Å². The first-order valence-electron chi connectivity index (χ1n) is 9.18. The maximum absolute atomic E-state index is 13.0. The van der Waals surface area contributed by atoms with Crippen molar-refractivity contribution >= 4 is 5.91 Å². The minimum Gasteiger partial charge on any atom is -0.374 e. The van der Waals surface area contributed by atoms with Crippen LogP contribution in [0.4, 0.5) is 0 Å². The van der Waals surface area contributed by atoms with Crippen LogP contribution in [0.15, 0.2) is 18.2 Å². The largest absolute Gasteiger partial charge is 0.374 e. The minimum atomic E-state index is -0.788. The van der Waals surface area contributed by atoms with Gasteiger partial charge in [-0.3, -0.25) is 10.1 Å². The number of carbonyl (C=O) groups is 1. The Kier molecular flexibility index (Phi) is 4.33. The minimum absolute atomic E-state index is 0.0931. The van der Waals surface area contributed by atoms with Crippen LogP contribution in [0.25, 0.3) is 0 Å². The average molecular weight is 329 g/mol. The summed E-state index contributed by atoms with van der Waals surface area (Å²) in [5.41, 5.74) is 2.46.